The fraction of sp³-hybridized carbons (Fsp3) is 0.526. The molecule has 3 rings (SSSR count). The van der Waals surface area contributed by atoms with E-state index in [4.69, 9.17) is 30.8 Å². The summed E-state index contributed by atoms with van der Waals surface area (Å²) in [7, 11) is 2.61. The van der Waals surface area contributed by atoms with Crippen molar-refractivity contribution in [2.24, 2.45) is 0 Å². The molecular formula is C19H27N5O4. The van der Waals surface area contributed by atoms with Gasteiger partial charge in [0.05, 0.1) is 19.7 Å². The Bertz CT molecular complexity index is 1260. The number of fused-ring (bicyclic) bond motifs is 1. The third kappa shape index (κ3) is 4.36. The van der Waals surface area contributed by atoms with Crippen LogP contribution in [0.5, 0.6) is 11.5 Å². The normalized spacial score (nSPS) is 24.3. The van der Waals surface area contributed by atoms with Crippen LogP contribution in [0, 0.1) is 0 Å². The minimum Gasteiger partial charge on any atom is -0.493 e. The predicted octanol–water partition coefficient (Wildman–Crippen LogP) is 1.35. The van der Waals surface area contributed by atoms with Gasteiger partial charge < -0.3 is 30.1 Å². The summed E-state index contributed by atoms with van der Waals surface area (Å²) >= 11 is 0. The molecule has 1 aromatic carbocycles. The lowest BCUT2D eigenvalue weighted by molar-refractivity contribution is -0.130. The molecule has 0 bridgehead atoms. The minimum atomic E-state index is -3.91. The van der Waals surface area contributed by atoms with Gasteiger partial charge in [0.1, 0.15) is 11.9 Å². The molecular weight excluding hydrogens is 362 g/mol. The van der Waals surface area contributed by atoms with E-state index in [9.17, 15) is 4.79 Å². The van der Waals surface area contributed by atoms with Crippen molar-refractivity contribution in [3.8, 4) is 11.5 Å². The summed E-state index contributed by atoms with van der Waals surface area (Å²) in [5.74, 6) is -2.61. The van der Waals surface area contributed by atoms with Crippen LogP contribution in [-0.4, -0.2) is 62.8 Å². The highest BCUT2D eigenvalue weighted by molar-refractivity contribution is 5.91. The van der Waals surface area contributed by atoms with Crippen molar-refractivity contribution < 1.29 is 35.6 Å². The first-order valence-corrected chi connectivity index (χ1v) is 8.29. The van der Waals surface area contributed by atoms with Crippen LogP contribution < -0.4 is 25.4 Å². The largest absolute Gasteiger partial charge is 0.493 e. The highest BCUT2D eigenvalue weighted by Gasteiger charge is 2.22. The van der Waals surface area contributed by atoms with E-state index in [2.05, 4.69) is 9.97 Å². The second-order valence-corrected chi connectivity index (χ2v) is 5.71. The number of nitrogen functional groups attached to an aromatic ring is 1. The van der Waals surface area contributed by atoms with Crippen molar-refractivity contribution in [1.82, 2.24) is 15.3 Å². The van der Waals surface area contributed by atoms with E-state index in [0.29, 0.717) is 6.42 Å². The fourth-order valence-electron chi connectivity index (χ4n) is 2.59. The Kier molecular flexibility index (Phi) is 3.06. The molecule has 1 aliphatic heterocycles. The number of carbonyl (C=O) groups excluding carboxylic acids is 1. The molecule has 2 aromatic rings. The summed E-state index contributed by atoms with van der Waals surface area (Å²) in [4.78, 5) is 20.3. The number of nitrogens with zero attached hydrogens (tertiary/aromatic N) is 3. The number of nitrogens with one attached hydrogen (secondary N) is 1. The maximum atomic E-state index is 12.6. The molecule has 1 aromatic heterocycles. The van der Waals surface area contributed by atoms with Crippen LogP contribution in [0.2, 0.25) is 4.24 Å². The van der Waals surface area contributed by atoms with E-state index >= 15 is 0 Å². The van der Waals surface area contributed by atoms with Gasteiger partial charge in [-0.15, -0.1) is 0 Å². The van der Waals surface area contributed by atoms with Crippen molar-refractivity contribution in [2.45, 2.75) is 25.3 Å². The first kappa shape index (κ1) is 9.60. The SMILES string of the molecule is [2H]N([2H])c1nc(N(C([2H])([2H])[2H])C([2H])([2H])C([2H])([2H])C([2H])([2H])N([2H])C(=O)C2CCCO2)nc2cc(OC)c(OC)cc12. The summed E-state index contributed by atoms with van der Waals surface area (Å²) < 4.78 is 113. The molecule has 0 aliphatic carbocycles. The lowest BCUT2D eigenvalue weighted by Gasteiger charge is -2.19. The molecule has 2 heterocycles. The second kappa shape index (κ2) is 8.92. The molecule has 0 saturated carbocycles. The van der Waals surface area contributed by atoms with Gasteiger partial charge in [-0.05, 0) is 25.3 Å². The molecule has 1 aliphatic rings. The summed E-state index contributed by atoms with van der Waals surface area (Å²) in [5.41, 5.74) is -0.154. The topological polar surface area (TPSA) is 112 Å². The summed E-state index contributed by atoms with van der Waals surface area (Å²) in [6.07, 6.45) is -4.58. The molecule has 9 heteroatoms. The standard InChI is InChI=1S/C19H27N5O4/c1-24(8-5-7-21-18(25)14-6-4-9-28-14)19-22-13-11-16(27-3)15(26-2)10-12(13)17(20)23-19/h10-11,14H,4-9H2,1-3H3,(H,21,25)(H2,20,22,23)/i1D3,5D2,7D2,8D2/hD3. The van der Waals surface area contributed by atoms with Gasteiger partial charge in [-0.1, -0.05) is 0 Å². The predicted molar refractivity (Wildman–Crippen MR) is 107 cm³/mol. The van der Waals surface area contributed by atoms with Gasteiger partial charge in [-0.2, -0.15) is 4.98 Å². The van der Waals surface area contributed by atoms with E-state index in [1.165, 1.54) is 26.4 Å². The average Bonchev–Trinajstić information content (AvgIpc) is 3.40. The van der Waals surface area contributed by atoms with Crippen molar-refractivity contribution in [1.29, 1.82) is 0 Å². The first-order chi connectivity index (χ1) is 18.3. The zero-order valence-corrected chi connectivity index (χ0v) is 15.2. The van der Waals surface area contributed by atoms with Gasteiger partial charge in [0.15, 0.2) is 15.7 Å². The lowest BCUT2D eigenvalue weighted by atomic mass is 10.2. The number of hydrogen-bond donors (Lipinski definition) is 2. The minimum absolute atomic E-state index is 0.00436. The van der Waals surface area contributed by atoms with E-state index in [-0.39, 0.29) is 46.0 Å². The Balaban J connectivity index is 2.21. The smallest absolute Gasteiger partial charge is 0.249 e. The Morgan fingerprint density at radius 2 is 2.32 bits per heavy atom. The zero-order chi connectivity index (χ0) is 30.4. The van der Waals surface area contributed by atoms with Gasteiger partial charge in [0, 0.05) is 50.4 Å². The monoisotopic (exact) mass is 401 g/mol. The Morgan fingerprint density at radius 3 is 3.00 bits per heavy atom. The van der Waals surface area contributed by atoms with Crippen LogP contribution in [0.4, 0.5) is 11.8 Å². The van der Waals surface area contributed by atoms with Gasteiger partial charge in [0.25, 0.3) is 0 Å². The zero-order valence-electron chi connectivity index (χ0n) is 27.2. The highest BCUT2D eigenvalue weighted by atomic mass is 16.5. The molecule has 0 spiro atoms. The molecule has 1 fully saturated rings. The van der Waals surface area contributed by atoms with Crippen molar-refractivity contribution in [3.63, 3.8) is 0 Å². The number of methoxy groups -OCH3 is 2. The maximum absolute atomic E-state index is 12.6. The van der Waals surface area contributed by atoms with E-state index in [0.717, 1.165) is 0 Å². The number of anilines is 2. The molecule has 1 saturated heterocycles. The van der Waals surface area contributed by atoms with Gasteiger partial charge in [0.2, 0.25) is 11.9 Å². The molecule has 3 N–H and O–H groups in total. The molecule has 9 nitrogen and oxygen atoms in total. The van der Waals surface area contributed by atoms with Crippen LogP contribution in [0.3, 0.4) is 0 Å². The Labute approximate surface area is 181 Å². The summed E-state index contributed by atoms with van der Waals surface area (Å²) in [6.45, 7) is -11.0. The van der Waals surface area contributed by atoms with Crippen LogP contribution in [0.1, 0.15) is 31.6 Å². The highest BCUT2D eigenvalue weighted by Crippen LogP contribution is 2.33. The van der Waals surface area contributed by atoms with Crippen molar-refractivity contribution in [2.75, 3.05) is 51.4 Å². The van der Waals surface area contributed by atoms with E-state index in [1.807, 2.05) is 0 Å². The molecule has 1 atom stereocenters. The maximum Gasteiger partial charge on any atom is 0.249 e. The summed E-state index contributed by atoms with van der Waals surface area (Å²) in [5, 5.41) is -0.396. The number of amides is 1. The van der Waals surface area contributed by atoms with E-state index < -0.39 is 55.4 Å². The van der Waals surface area contributed by atoms with Crippen LogP contribution in [0.25, 0.3) is 10.9 Å². The Hall–Kier alpha value is -2.81. The molecule has 152 valence electrons. The molecule has 28 heavy (non-hydrogen) atoms. The number of aromatic nitrogens is 2. The molecule has 1 unspecified atom stereocenters. The van der Waals surface area contributed by atoms with Crippen LogP contribution in [-0.2, 0) is 9.53 Å². The first-order valence-electron chi connectivity index (χ1n) is 14.1. The fourth-order valence-corrected chi connectivity index (χ4v) is 2.59. The van der Waals surface area contributed by atoms with E-state index in [1.54, 1.807) is 0 Å². The number of rotatable bonds is 9. The average molecular weight is 402 g/mol. The van der Waals surface area contributed by atoms with Crippen LogP contribution in [0.15, 0.2) is 12.1 Å². The third-order valence-corrected chi connectivity index (χ3v) is 3.96. The Morgan fingerprint density at radius 1 is 1.50 bits per heavy atom. The van der Waals surface area contributed by atoms with Gasteiger partial charge in [-0.3, -0.25) is 4.79 Å². The van der Waals surface area contributed by atoms with Crippen LogP contribution >= 0.6 is 0 Å². The summed E-state index contributed by atoms with van der Waals surface area (Å²) in [6, 6.07) is 2.53. The third-order valence-electron chi connectivity index (χ3n) is 3.96. The number of nitrogens with two attached hydrogens (primary N) is 1. The number of hydrogen-bond acceptors (Lipinski definition) is 8. The number of benzene rings is 1. The number of ether oxygens (including phenoxy) is 3. The van der Waals surface area contributed by atoms with Gasteiger partial charge >= 0.3 is 0 Å². The lowest BCUT2D eigenvalue weighted by Crippen LogP contribution is -2.36. The second-order valence-electron chi connectivity index (χ2n) is 5.71. The molecule has 1 amide bonds. The molecule has 0 radical (unpaired) electrons. The quantitative estimate of drug-likeness (QED) is 0.648. The van der Waals surface area contributed by atoms with Crippen molar-refractivity contribution >= 4 is 28.6 Å². The van der Waals surface area contributed by atoms with Crippen molar-refractivity contribution in [3.05, 3.63) is 12.1 Å². The van der Waals surface area contributed by atoms with Gasteiger partial charge in [-0.25, -0.2) is 4.98 Å². The number of carbonyl (C=O) groups is 1.